The fourth-order valence-electron chi connectivity index (χ4n) is 9.91. The van der Waals surface area contributed by atoms with Crippen LogP contribution >= 0.6 is 0 Å². The van der Waals surface area contributed by atoms with Crippen LogP contribution in [0.3, 0.4) is 0 Å². The first-order valence-electron chi connectivity index (χ1n) is 20.5. The molecule has 0 saturated heterocycles. The molecule has 12 rings (SSSR count). The second kappa shape index (κ2) is 12.8. The molecule has 0 N–H and O–H groups in total. The number of fused-ring (bicyclic) bond motifs is 5. The molecule has 0 unspecified atom stereocenters. The van der Waals surface area contributed by atoms with E-state index in [0.29, 0.717) is 0 Å². The first kappa shape index (κ1) is 33.6. The van der Waals surface area contributed by atoms with Gasteiger partial charge in [0.05, 0.1) is 22.2 Å². The third-order valence-corrected chi connectivity index (χ3v) is 12.7. The van der Waals surface area contributed by atoms with Crippen LogP contribution in [0, 0.1) is 0 Å². The van der Waals surface area contributed by atoms with Crippen LogP contribution in [0.2, 0.25) is 0 Å². The first-order valence-corrected chi connectivity index (χ1v) is 20.5. The number of nitrogens with zero attached hydrogens (tertiary/aromatic N) is 3. The minimum Gasteiger partial charge on any atom is -0.309 e. The highest BCUT2D eigenvalue weighted by Crippen LogP contribution is 2.51. The van der Waals surface area contributed by atoms with Crippen LogP contribution in [-0.4, -0.2) is 9.55 Å². The van der Waals surface area contributed by atoms with E-state index in [4.69, 9.17) is 4.98 Å². The maximum absolute atomic E-state index is 5.30. The molecule has 0 atom stereocenters. The van der Waals surface area contributed by atoms with Crippen molar-refractivity contribution in [1.82, 2.24) is 9.55 Å². The monoisotopic (exact) mass is 753 g/mol. The Morgan fingerprint density at radius 3 is 2.15 bits per heavy atom. The molecule has 3 nitrogen and oxygen atoms in total. The summed E-state index contributed by atoms with van der Waals surface area (Å²) in [6.45, 7) is 4.69. The van der Waals surface area contributed by atoms with Gasteiger partial charge in [-0.25, -0.2) is 4.98 Å². The van der Waals surface area contributed by atoms with Gasteiger partial charge in [0.25, 0.3) is 0 Å². The highest BCUT2D eigenvalue weighted by molar-refractivity contribution is 6.24. The second-order valence-corrected chi connectivity index (χ2v) is 16.4. The van der Waals surface area contributed by atoms with Crippen LogP contribution in [0.5, 0.6) is 0 Å². The molecule has 1 aliphatic carbocycles. The van der Waals surface area contributed by atoms with Crippen molar-refractivity contribution in [1.29, 1.82) is 0 Å². The van der Waals surface area contributed by atoms with E-state index in [2.05, 4.69) is 224 Å². The number of aromatic nitrogens is 2. The largest absolute Gasteiger partial charge is 0.309 e. The third kappa shape index (κ3) is 5.11. The average Bonchev–Trinajstić information content (AvgIpc) is 3.74. The second-order valence-electron chi connectivity index (χ2n) is 16.4. The van der Waals surface area contributed by atoms with Crippen molar-refractivity contribution in [2.24, 2.45) is 0 Å². The number of pyridine rings is 1. The predicted octanol–water partition coefficient (Wildman–Crippen LogP) is 15.0. The average molecular weight is 754 g/mol. The molecule has 11 aromatic rings. The summed E-state index contributed by atoms with van der Waals surface area (Å²) in [5.41, 5.74) is 14.3. The third-order valence-electron chi connectivity index (χ3n) is 12.7. The Bertz CT molecular complexity index is 3480. The summed E-state index contributed by atoms with van der Waals surface area (Å²) in [5, 5.41) is 8.63. The van der Waals surface area contributed by atoms with Gasteiger partial charge < -0.3 is 4.57 Å². The highest BCUT2D eigenvalue weighted by atomic mass is 15.2. The van der Waals surface area contributed by atoms with Crippen LogP contribution in [0.25, 0.3) is 83.2 Å². The van der Waals surface area contributed by atoms with Crippen LogP contribution in [0.1, 0.15) is 36.1 Å². The Hall–Kier alpha value is -7.49. The summed E-state index contributed by atoms with van der Waals surface area (Å²) in [7, 11) is 0. The normalized spacial score (nSPS) is 13.3. The summed E-state index contributed by atoms with van der Waals surface area (Å²) in [5.74, 6) is 0.887. The zero-order valence-corrected chi connectivity index (χ0v) is 32.9. The maximum atomic E-state index is 5.30. The summed E-state index contributed by atoms with van der Waals surface area (Å²) >= 11 is 0. The molecule has 0 spiro atoms. The van der Waals surface area contributed by atoms with E-state index in [1.54, 1.807) is 0 Å². The fourth-order valence-corrected chi connectivity index (χ4v) is 9.91. The van der Waals surface area contributed by atoms with Gasteiger partial charge in [-0.15, -0.1) is 0 Å². The molecule has 3 heteroatoms. The van der Waals surface area contributed by atoms with Crippen molar-refractivity contribution in [2.75, 3.05) is 4.90 Å². The van der Waals surface area contributed by atoms with Crippen LogP contribution in [0.4, 0.5) is 17.2 Å². The zero-order valence-electron chi connectivity index (χ0n) is 32.9. The lowest BCUT2D eigenvalue weighted by Gasteiger charge is -2.28. The SMILES string of the molecule is CC1(C)c2ccccc2-c2ccc(N(c3ccc4ccccc4n3)c3ccc(C=Cc4cc5ccc6cccc7c6c5c(c4)n7-c4ccccc4)c4ccccc34)cc21. The van der Waals surface area contributed by atoms with Gasteiger partial charge in [-0.2, -0.15) is 0 Å². The predicted molar refractivity (Wildman–Crippen MR) is 250 cm³/mol. The Morgan fingerprint density at radius 1 is 0.508 bits per heavy atom. The fraction of sp³-hybridized carbons (Fsp3) is 0.0536. The van der Waals surface area contributed by atoms with E-state index >= 15 is 0 Å². The molecular formula is C56H39N3. The number of hydrogen-bond acceptors (Lipinski definition) is 2. The summed E-state index contributed by atoms with van der Waals surface area (Å²) in [6, 6.07) is 68.4. The van der Waals surface area contributed by atoms with E-state index in [1.807, 2.05) is 0 Å². The van der Waals surface area contributed by atoms with Gasteiger partial charge in [0.15, 0.2) is 0 Å². The van der Waals surface area contributed by atoms with Gasteiger partial charge >= 0.3 is 0 Å². The number of rotatable bonds is 6. The van der Waals surface area contributed by atoms with Crippen molar-refractivity contribution >= 4 is 83.6 Å². The summed E-state index contributed by atoms with van der Waals surface area (Å²) in [4.78, 5) is 7.65. The molecule has 0 saturated carbocycles. The van der Waals surface area contributed by atoms with Crippen molar-refractivity contribution < 1.29 is 0 Å². The van der Waals surface area contributed by atoms with Crippen molar-refractivity contribution in [3.8, 4) is 16.8 Å². The molecule has 0 bridgehead atoms. The van der Waals surface area contributed by atoms with Crippen LogP contribution < -0.4 is 4.90 Å². The lowest BCUT2D eigenvalue weighted by molar-refractivity contribution is 0.660. The molecule has 59 heavy (non-hydrogen) atoms. The molecule has 0 fully saturated rings. The van der Waals surface area contributed by atoms with E-state index in [9.17, 15) is 0 Å². The van der Waals surface area contributed by atoms with Crippen molar-refractivity contribution in [3.63, 3.8) is 0 Å². The summed E-state index contributed by atoms with van der Waals surface area (Å²) < 4.78 is 2.42. The van der Waals surface area contributed by atoms with Gasteiger partial charge in [0.2, 0.25) is 0 Å². The molecule has 0 radical (unpaired) electrons. The van der Waals surface area contributed by atoms with Crippen molar-refractivity contribution in [3.05, 3.63) is 210 Å². The van der Waals surface area contributed by atoms with E-state index in [-0.39, 0.29) is 5.41 Å². The molecule has 9 aromatic carbocycles. The van der Waals surface area contributed by atoms with E-state index < -0.39 is 0 Å². The number of anilines is 3. The van der Waals surface area contributed by atoms with E-state index in [1.165, 1.54) is 65.9 Å². The molecule has 0 amide bonds. The Morgan fingerprint density at radius 2 is 1.24 bits per heavy atom. The maximum Gasteiger partial charge on any atom is 0.138 e. The first-order chi connectivity index (χ1) is 29.0. The van der Waals surface area contributed by atoms with Gasteiger partial charge in [0, 0.05) is 38.3 Å². The number of benzene rings is 9. The number of para-hydroxylation sites is 2. The van der Waals surface area contributed by atoms with Gasteiger partial charge in [-0.3, -0.25) is 4.90 Å². The lowest BCUT2D eigenvalue weighted by Crippen LogP contribution is -2.17. The molecule has 0 aliphatic heterocycles. The molecule has 2 aromatic heterocycles. The van der Waals surface area contributed by atoms with Gasteiger partial charge in [-0.1, -0.05) is 147 Å². The zero-order chi connectivity index (χ0) is 39.2. The topological polar surface area (TPSA) is 21.1 Å². The van der Waals surface area contributed by atoms with Gasteiger partial charge in [-0.05, 0) is 116 Å². The Balaban J connectivity index is 1.01. The summed E-state index contributed by atoms with van der Waals surface area (Å²) in [6.07, 6.45) is 4.55. The van der Waals surface area contributed by atoms with Crippen LogP contribution in [0.15, 0.2) is 188 Å². The van der Waals surface area contributed by atoms with Crippen molar-refractivity contribution in [2.45, 2.75) is 19.3 Å². The Labute approximate surface area is 343 Å². The van der Waals surface area contributed by atoms with Gasteiger partial charge in [0.1, 0.15) is 5.82 Å². The standard InChI is InChI=1S/C56H39N3/c1-56(2)47-20-10-9-18-44(47)45-30-29-42(35-48(45)56)59(53-32-28-38-13-6-11-21-49(38)57-53)50-31-27-37(43-17-7-8-19-46(43)50)24-23-36-33-40-26-25-39-14-12-22-51-54(39)55(40)52(34-36)58(51)41-15-4-3-5-16-41/h3-35H,1-2H3. The van der Waals surface area contributed by atoms with E-state index in [0.717, 1.165) is 44.6 Å². The highest BCUT2D eigenvalue weighted by Gasteiger charge is 2.36. The molecule has 2 heterocycles. The number of hydrogen-bond donors (Lipinski definition) is 0. The Kier molecular flexibility index (Phi) is 7.27. The lowest BCUT2D eigenvalue weighted by atomic mass is 9.82. The molecule has 278 valence electrons. The minimum absolute atomic E-state index is 0.129. The van der Waals surface area contributed by atoms with Crippen LogP contribution in [-0.2, 0) is 5.41 Å². The quantitative estimate of drug-likeness (QED) is 0.125. The smallest absolute Gasteiger partial charge is 0.138 e. The molecule has 1 aliphatic rings. The minimum atomic E-state index is -0.129. The molecular weight excluding hydrogens is 715 g/mol.